The van der Waals surface area contributed by atoms with E-state index in [0.717, 1.165) is 5.75 Å². The van der Waals surface area contributed by atoms with Crippen LogP contribution in [0.3, 0.4) is 0 Å². The summed E-state index contributed by atoms with van der Waals surface area (Å²) in [5.74, 6) is 0.855. The van der Waals surface area contributed by atoms with Crippen molar-refractivity contribution in [1.29, 1.82) is 0 Å². The maximum atomic E-state index is 6.82. The minimum Gasteiger partial charge on any atom is -0.491 e. The van der Waals surface area contributed by atoms with Crippen LogP contribution in [0, 0.1) is 0 Å². The largest absolute Gasteiger partial charge is 0.491 e. The molecule has 5 nitrogen and oxygen atoms in total. The van der Waals surface area contributed by atoms with Crippen molar-refractivity contribution in [3.05, 3.63) is 91.0 Å². The van der Waals surface area contributed by atoms with E-state index in [9.17, 15) is 0 Å². The van der Waals surface area contributed by atoms with Crippen LogP contribution in [-0.4, -0.2) is 61.2 Å². The number of ether oxygens (including phenoxy) is 4. The molecular weight excluding hydrogens is 468 g/mol. The minimum atomic E-state index is -2.51. The Balaban J connectivity index is 1.35. The SMILES string of the molecule is CC(C)(C)[Si](OCCOCCOCCOCCOc1ccccc1)(c1ccccc1)c1ccccc1. The average Bonchev–Trinajstić information content (AvgIpc) is 2.90. The predicted octanol–water partition coefficient (Wildman–Crippen LogP) is 4.69. The first-order valence-electron chi connectivity index (χ1n) is 12.7. The lowest BCUT2D eigenvalue weighted by atomic mass is 10.2. The molecule has 0 fully saturated rings. The molecule has 0 unspecified atom stereocenters. The van der Waals surface area contributed by atoms with Gasteiger partial charge in [0.1, 0.15) is 12.4 Å². The molecule has 0 aromatic heterocycles. The minimum absolute atomic E-state index is 0.0368. The molecule has 0 N–H and O–H groups in total. The van der Waals surface area contributed by atoms with Crippen LogP contribution >= 0.6 is 0 Å². The van der Waals surface area contributed by atoms with Gasteiger partial charge in [0.25, 0.3) is 8.32 Å². The van der Waals surface area contributed by atoms with Gasteiger partial charge in [0, 0.05) is 0 Å². The molecule has 0 bridgehead atoms. The van der Waals surface area contributed by atoms with Gasteiger partial charge in [-0.2, -0.15) is 0 Å². The first-order valence-corrected chi connectivity index (χ1v) is 14.6. The Labute approximate surface area is 217 Å². The van der Waals surface area contributed by atoms with E-state index in [-0.39, 0.29) is 5.04 Å². The molecule has 0 heterocycles. The zero-order valence-corrected chi connectivity index (χ0v) is 22.9. The molecule has 194 valence electrons. The molecular formula is C30H40O5Si. The van der Waals surface area contributed by atoms with Crippen LogP contribution in [-0.2, 0) is 18.6 Å². The Morgan fingerprint density at radius 1 is 0.500 bits per heavy atom. The maximum absolute atomic E-state index is 6.82. The molecule has 3 aromatic carbocycles. The molecule has 0 aliphatic rings. The number of para-hydroxylation sites is 1. The lowest BCUT2D eigenvalue weighted by Crippen LogP contribution is -2.66. The number of benzene rings is 3. The normalized spacial score (nSPS) is 12.0. The van der Waals surface area contributed by atoms with Crippen molar-refractivity contribution in [2.75, 3.05) is 52.9 Å². The van der Waals surface area contributed by atoms with E-state index in [0.29, 0.717) is 52.9 Å². The Kier molecular flexibility index (Phi) is 11.6. The van der Waals surface area contributed by atoms with Crippen LogP contribution in [0.15, 0.2) is 91.0 Å². The summed E-state index contributed by atoms with van der Waals surface area (Å²) in [5.41, 5.74) is 0. The van der Waals surface area contributed by atoms with Crippen molar-refractivity contribution in [1.82, 2.24) is 0 Å². The molecule has 0 aliphatic heterocycles. The summed E-state index contributed by atoms with van der Waals surface area (Å²) in [7, 11) is -2.51. The van der Waals surface area contributed by atoms with Crippen LogP contribution in [0.2, 0.25) is 5.04 Å². The highest BCUT2D eigenvalue weighted by atomic mass is 28.4. The number of rotatable bonds is 16. The Morgan fingerprint density at radius 2 is 0.889 bits per heavy atom. The van der Waals surface area contributed by atoms with Crippen molar-refractivity contribution in [2.45, 2.75) is 25.8 Å². The molecule has 0 aliphatic carbocycles. The molecule has 0 radical (unpaired) electrons. The van der Waals surface area contributed by atoms with Gasteiger partial charge in [-0.3, -0.25) is 0 Å². The van der Waals surface area contributed by atoms with Crippen molar-refractivity contribution in [3.63, 3.8) is 0 Å². The van der Waals surface area contributed by atoms with Crippen molar-refractivity contribution in [2.24, 2.45) is 0 Å². The lowest BCUT2D eigenvalue weighted by molar-refractivity contribution is 0.00451. The first-order chi connectivity index (χ1) is 17.5. The second kappa shape index (κ2) is 14.9. The Hall–Kier alpha value is -2.48. The zero-order chi connectivity index (χ0) is 25.5. The van der Waals surface area contributed by atoms with Crippen molar-refractivity contribution < 1.29 is 23.4 Å². The third-order valence-corrected chi connectivity index (χ3v) is 11.0. The molecule has 0 saturated carbocycles. The summed E-state index contributed by atoms with van der Waals surface area (Å²) in [5, 5.41) is 2.52. The fourth-order valence-electron chi connectivity index (χ4n) is 4.29. The van der Waals surface area contributed by atoms with Crippen LogP contribution < -0.4 is 15.1 Å². The van der Waals surface area contributed by atoms with E-state index in [2.05, 4.69) is 81.4 Å². The van der Waals surface area contributed by atoms with Gasteiger partial charge in [-0.25, -0.2) is 0 Å². The Morgan fingerprint density at radius 3 is 1.33 bits per heavy atom. The van der Waals surface area contributed by atoms with Crippen LogP contribution in [0.25, 0.3) is 0 Å². The summed E-state index contributed by atoms with van der Waals surface area (Å²) >= 11 is 0. The lowest BCUT2D eigenvalue weighted by Gasteiger charge is -2.43. The van der Waals surface area contributed by atoms with Gasteiger partial charge in [0.05, 0.1) is 46.2 Å². The van der Waals surface area contributed by atoms with Gasteiger partial charge in [0.15, 0.2) is 0 Å². The van der Waals surface area contributed by atoms with Crippen LogP contribution in [0.1, 0.15) is 20.8 Å². The van der Waals surface area contributed by atoms with E-state index < -0.39 is 8.32 Å². The Bertz CT molecular complexity index is 921. The standard InChI is InChI=1S/C30H40O5Si/c1-30(2,3)36(28-15-9-5-10-16-28,29-17-11-6-12-18-29)35-26-24-33-22-20-31-19-21-32-23-25-34-27-13-7-4-8-14-27/h4-18H,19-26H2,1-3H3. The molecule has 0 spiro atoms. The van der Waals surface area contributed by atoms with Gasteiger partial charge < -0.3 is 23.4 Å². The fraction of sp³-hybridized carbons (Fsp3) is 0.400. The van der Waals surface area contributed by atoms with Crippen LogP contribution in [0.4, 0.5) is 0 Å². The smallest absolute Gasteiger partial charge is 0.261 e. The molecule has 3 rings (SSSR count). The number of hydrogen-bond acceptors (Lipinski definition) is 5. The topological polar surface area (TPSA) is 46.2 Å². The van der Waals surface area contributed by atoms with Gasteiger partial charge in [-0.05, 0) is 27.5 Å². The second-order valence-corrected chi connectivity index (χ2v) is 13.8. The third-order valence-electron chi connectivity index (χ3n) is 5.95. The predicted molar refractivity (Wildman–Crippen MR) is 148 cm³/mol. The molecule has 3 aromatic rings. The van der Waals surface area contributed by atoms with Crippen molar-refractivity contribution in [3.8, 4) is 5.75 Å². The highest BCUT2D eigenvalue weighted by molar-refractivity contribution is 6.99. The van der Waals surface area contributed by atoms with Gasteiger partial charge in [-0.15, -0.1) is 0 Å². The van der Waals surface area contributed by atoms with Crippen molar-refractivity contribution >= 4 is 18.7 Å². The third kappa shape index (κ3) is 8.29. The maximum Gasteiger partial charge on any atom is 0.261 e. The zero-order valence-electron chi connectivity index (χ0n) is 21.9. The number of hydrogen-bond donors (Lipinski definition) is 0. The first kappa shape index (κ1) is 28.1. The van der Waals surface area contributed by atoms with Crippen LogP contribution in [0.5, 0.6) is 5.75 Å². The summed E-state index contributed by atoms with van der Waals surface area (Å²) in [4.78, 5) is 0. The highest BCUT2D eigenvalue weighted by Crippen LogP contribution is 2.36. The van der Waals surface area contributed by atoms with E-state index in [4.69, 9.17) is 23.4 Å². The monoisotopic (exact) mass is 508 g/mol. The fourth-order valence-corrected chi connectivity index (χ4v) is 8.84. The van der Waals surface area contributed by atoms with E-state index in [1.165, 1.54) is 10.4 Å². The van der Waals surface area contributed by atoms with Gasteiger partial charge >= 0.3 is 0 Å². The van der Waals surface area contributed by atoms with Gasteiger partial charge in [0.2, 0.25) is 0 Å². The van der Waals surface area contributed by atoms with E-state index in [1.54, 1.807) is 0 Å². The quantitative estimate of drug-likeness (QED) is 0.207. The summed E-state index contributed by atoms with van der Waals surface area (Å²) in [6.45, 7) is 11.1. The molecule has 6 heteroatoms. The molecule has 36 heavy (non-hydrogen) atoms. The van der Waals surface area contributed by atoms with Gasteiger partial charge in [-0.1, -0.05) is 99.6 Å². The van der Waals surface area contributed by atoms with E-state index in [1.807, 2.05) is 30.3 Å². The molecule has 0 atom stereocenters. The summed E-state index contributed by atoms with van der Waals surface area (Å²) in [6.07, 6.45) is 0. The molecule has 0 saturated heterocycles. The van der Waals surface area contributed by atoms with E-state index >= 15 is 0 Å². The molecule has 0 amide bonds. The summed E-state index contributed by atoms with van der Waals surface area (Å²) in [6, 6.07) is 31.1. The highest BCUT2D eigenvalue weighted by Gasteiger charge is 2.49. The second-order valence-electron chi connectivity index (χ2n) is 9.51. The summed E-state index contributed by atoms with van der Waals surface area (Å²) < 4.78 is 29.4. The average molecular weight is 509 g/mol.